The number of phenols is 2. The van der Waals surface area contributed by atoms with Crippen LogP contribution in [-0.2, 0) is 0 Å². The summed E-state index contributed by atoms with van der Waals surface area (Å²) in [7, 11) is 0. The fourth-order valence-electron chi connectivity index (χ4n) is 8.52. The lowest BCUT2D eigenvalue weighted by Crippen LogP contribution is -2.00. The van der Waals surface area contributed by atoms with Crippen LogP contribution < -0.4 is 0 Å². The third kappa shape index (κ3) is 8.07. The zero-order chi connectivity index (χ0) is 44.8. The molecule has 0 radical (unpaired) electrons. The molecule has 0 atom stereocenters. The maximum atomic E-state index is 10.7. The second kappa shape index (κ2) is 17.7. The van der Waals surface area contributed by atoms with E-state index in [1.807, 2.05) is 72.8 Å². The quantitative estimate of drug-likeness (QED) is 0.159. The number of hydrogen-bond acceptors (Lipinski definition) is 8. The van der Waals surface area contributed by atoms with Gasteiger partial charge in [0, 0.05) is 72.6 Å². The van der Waals surface area contributed by atoms with Crippen LogP contribution in [0.3, 0.4) is 0 Å². The minimum Gasteiger partial charge on any atom is -0.507 e. The van der Waals surface area contributed by atoms with E-state index >= 15 is 0 Å². The van der Waals surface area contributed by atoms with Crippen molar-refractivity contribution in [3.05, 3.63) is 172 Å². The Morgan fingerprint density at radius 2 is 0.656 bits per heavy atom. The van der Waals surface area contributed by atoms with Crippen LogP contribution in [0.5, 0.6) is 11.5 Å². The van der Waals surface area contributed by atoms with Crippen LogP contribution in [0.2, 0.25) is 0 Å². The lowest BCUT2D eigenvalue weighted by atomic mass is 10.1. The number of phenolic OH excluding ortho intramolecular Hbond substituents is 2. The van der Waals surface area contributed by atoms with Gasteiger partial charge in [-0.05, 0) is 128 Å². The third-order valence-electron chi connectivity index (χ3n) is 11.3. The molecule has 0 fully saturated rings. The summed E-state index contributed by atoms with van der Waals surface area (Å²) in [6.07, 6.45) is 0. The molecule has 0 bridgehead atoms. The number of hydrogen-bond donors (Lipinski definition) is 2. The monoisotopic (exact) mass is 912 g/mol. The van der Waals surface area contributed by atoms with Crippen molar-refractivity contribution in [2.75, 3.05) is 0 Å². The molecule has 0 saturated heterocycles. The average molecular weight is 913 g/mol. The topological polar surface area (TPSA) is 76.1 Å². The molecule has 320 valence electrons. The first-order chi connectivity index (χ1) is 30.9. The number of aromatic hydroxyl groups is 2. The van der Waals surface area contributed by atoms with Gasteiger partial charge in [0.1, 0.15) is 23.1 Å². The van der Waals surface area contributed by atoms with Crippen molar-refractivity contribution in [1.82, 2.24) is 19.1 Å². The number of rotatable bonds is 8. The fraction of sp³-hybridized carbons (Fsp3) is 0.148. The molecule has 6 nitrogen and oxygen atoms in total. The number of imidazole rings is 2. The Kier molecular flexibility index (Phi) is 11.9. The zero-order valence-corrected chi connectivity index (χ0v) is 40.3. The molecule has 0 spiro atoms. The van der Waals surface area contributed by atoms with Crippen LogP contribution in [-0.4, -0.2) is 29.3 Å². The second-order valence-corrected chi connectivity index (χ2v) is 21.8. The van der Waals surface area contributed by atoms with Gasteiger partial charge in [0.15, 0.2) is 0 Å². The Morgan fingerprint density at radius 1 is 0.359 bits per heavy atom. The summed E-state index contributed by atoms with van der Waals surface area (Å²) < 4.78 is 4.40. The Bertz CT molecular complexity index is 3070. The van der Waals surface area contributed by atoms with Gasteiger partial charge >= 0.3 is 0 Å². The Labute approximate surface area is 390 Å². The number of para-hydroxylation sites is 4. The summed E-state index contributed by atoms with van der Waals surface area (Å²) in [6.45, 7) is 17.2. The molecule has 10 aromatic rings. The van der Waals surface area contributed by atoms with Gasteiger partial charge in [-0.3, -0.25) is 9.13 Å². The van der Waals surface area contributed by atoms with E-state index in [0.29, 0.717) is 0 Å². The van der Waals surface area contributed by atoms with E-state index in [-0.39, 0.29) is 11.5 Å². The summed E-state index contributed by atoms with van der Waals surface area (Å²) in [4.78, 5) is 20.5. The highest BCUT2D eigenvalue weighted by Gasteiger charge is 2.28. The fourth-order valence-corrected chi connectivity index (χ4v) is 12.2. The molecule has 64 heavy (non-hydrogen) atoms. The van der Waals surface area contributed by atoms with Crippen molar-refractivity contribution in [1.29, 1.82) is 0 Å². The van der Waals surface area contributed by atoms with E-state index < -0.39 is 0 Å². The minimum atomic E-state index is 0.226. The van der Waals surface area contributed by atoms with Gasteiger partial charge in [-0.1, -0.05) is 60.7 Å². The SMILES string of the molecule is Cc1cc(-c2nc(-c3ccccc3O)n(-c3ccccc3)c2-c2cc(C)sc2C)c(C)s1.Cc1cc(-c2nc(-c3ccccc3O)n(-c3ccccc3)c2-c2cc(C)sc2C)c(C)s1. The van der Waals surface area contributed by atoms with Crippen molar-refractivity contribution in [2.45, 2.75) is 55.4 Å². The van der Waals surface area contributed by atoms with Crippen molar-refractivity contribution in [2.24, 2.45) is 0 Å². The van der Waals surface area contributed by atoms with Crippen LogP contribution in [0.25, 0.3) is 79.2 Å². The normalized spacial score (nSPS) is 11.2. The molecule has 0 aliphatic rings. The molecule has 0 unspecified atom stereocenters. The smallest absolute Gasteiger partial charge is 0.149 e. The van der Waals surface area contributed by atoms with Crippen LogP contribution in [0.15, 0.2) is 133 Å². The third-order valence-corrected chi connectivity index (χ3v) is 15.1. The predicted octanol–water partition coefficient (Wildman–Crippen LogP) is 15.9. The molecular formula is C54H48N4O2S4. The van der Waals surface area contributed by atoms with Gasteiger partial charge in [-0.15, -0.1) is 45.3 Å². The molecule has 10 heteroatoms. The highest BCUT2D eigenvalue weighted by molar-refractivity contribution is 7.13. The highest BCUT2D eigenvalue weighted by atomic mass is 32.1. The van der Waals surface area contributed by atoms with Gasteiger partial charge in [0.25, 0.3) is 0 Å². The number of thiophene rings is 4. The van der Waals surface area contributed by atoms with E-state index in [2.05, 4.69) is 113 Å². The van der Waals surface area contributed by atoms with Gasteiger partial charge in [0.2, 0.25) is 0 Å². The predicted molar refractivity (Wildman–Crippen MR) is 272 cm³/mol. The molecule has 0 saturated carbocycles. The average Bonchev–Trinajstić information content (AvgIpc) is 4.13. The second-order valence-electron chi connectivity index (χ2n) is 15.9. The Morgan fingerprint density at radius 3 is 0.953 bits per heavy atom. The van der Waals surface area contributed by atoms with Gasteiger partial charge in [-0.2, -0.15) is 0 Å². The highest BCUT2D eigenvalue weighted by Crippen LogP contribution is 2.47. The number of aryl methyl sites for hydroxylation is 8. The van der Waals surface area contributed by atoms with E-state index in [0.717, 1.165) is 68.1 Å². The Hall–Kier alpha value is -6.30. The number of nitrogens with zero attached hydrogens (tertiary/aromatic N) is 4. The molecule has 2 N–H and O–H groups in total. The van der Waals surface area contributed by atoms with E-state index in [1.165, 1.54) is 50.1 Å². The number of aromatic nitrogens is 4. The van der Waals surface area contributed by atoms with Crippen molar-refractivity contribution in [3.63, 3.8) is 0 Å². The molecule has 0 aliphatic heterocycles. The lowest BCUT2D eigenvalue weighted by Gasteiger charge is -2.14. The first-order valence-corrected chi connectivity index (χ1v) is 24.4. The summed E-state index contributed by atoms with van der Waals surface area (Å²) in [6, 6.07) is 44.4. The summed E-state index contributed by atoms with van der Waals surface area (Å²) in [5.74, 6) is 1.94. The first kappa shape index (κ1) is 43.0. The van der Waals surface area contributed by atoms with Gasteiger partial charge in [-0.25, -0.2) is 9.97 Å². The molecule has 4 aromatic carbocycles. The standard InChI is InChI=1S/2C27H24N2OS2/c2*1-16-14-22(18(3)31-16)25-26(23-15-17(2)32-19(23)4)29(20-10-6-5-7-11-20)27(28-25)21-12-8-9-13-24(21)30/h2*5-15,30H,1-4H3. The molecule has 6 heterocycles. The zero-order valence-electron chi connectivity index (χ0n) is 37.0. The largest absolute Gasteiger partial charge is 0.507 e. The van der Waals surface area contributed by atoms with E-state index in [9.17, 15) is 10.2 Å². The van der Waals surface area contributed by atoms with Crippen molar-refractivity contribution >= 4 is 45.3 Å². The van der Waals surface area contributed by atoms with Gasteiger partial charge in [0.05, 0.1) is 33.9 Å². The Balaban J connectivity index is 0.000000162. The maximum absolute atomic E-state index is 10.7. The van der Waals surface area contributed by atoms with E-state index in [1.54, 1.807) is 57.5 Å². The number of benzene rings is 4. The van der Waals surface area contributed by atoms with Crippen molar-refractivity contribution in [3.8, 4) is 90.7 Å². The first-order valence-electron chi connectivity index (χ1n) is 21.1. The van der Waals surface area contributed by atoms with E-state index in [4.69, 9.17) is 9.97 Å². The lowest BCUT2D eigenvalue weighted by molar-refractivity contribution is 0.476. The van der Waals surface area contributed by atoms with Crippen LogP contribution >= 0.6 is 45.3 Å². The van der Waals surface area contributed by atoms with Crippen molar-refractivity contribution < 1.29 is 10.2 Å². The summed E-state index contributed by atoms with van der Waals surface area (Å²) >= 11 is 7.19. The minimum absolute atomic E-state index is 0.226. The molecule has 0 amide bonds. The maximum Gasteiger partial charge on any atom is 0.149 e. The van der Waals surface area contributed by atoms with Crippen LogP contribution in [0, 0.1) is 55.4 Å². The molecular weight excluding hydrogens is 865 g/mol. The molecule has 10 rings (SSSR count). The van der Waals surface area contributed by atoms with Gasteiger partial charge < -0.3 is 10.2 Å². The summed E-state index contributed by atoms with van der Waals surface area (Å²) in [5.41, 5.74) is 12.2. The summed E-state index contributed by atoms with van der Waals surface area (Å²) in [5, 5.41) is 21.5. The van der Waals surface area contributed by atoms with Crippen LogP contribution in [0.1, 0.15) is 39.0 Å². The molecule has 0 aliphatic carbocycles. The molecule has 6 aromatic heterocycles. The van der Waals surface area contributed by atoms with Crippen LogP contribution in [0.4, 0.5) is 0 Å².